The molecule has 1 heterocycles. The summed E-state index contributed by atoms with van der Waals surface area (Å²) in [5.74, 6) is 5.76. The van der Waals surface area contributed by atoms with Gasteiger partial charge in [-0.05, 0) is 25.2 Å². The van der Waals surface area contributed by atoms with E-state index in [1.165, 1.54) is 6.26 Å². The van der Waals surface area contributed by atoms with Gasteiger partial charge in [0.05, 0.1) is 6.26 Å². The van der Waals surface area contributed by atoms with Crippen LogP contribution in [0.3, 0.4) is 0 Å². The number of nitrogens with one attached hydrogen (secondary N) is 1. The summed E-state index contributed by atoms with van der Waals surface area (Å²) < 4.78 is 24.1. The van der Waals surface area contributed by atoms with Crippen LogP contribution in [0.5, 0.6) is 0 Å². The molecule has 84 valence electrons. The maximum Gasteiger partial charge on any atom is 0.211 e. The van der Waals surface area contributed by atoms with Crippen molar-refractivity contribution in [2.45, 2.75) is 19.3 Å². The summed E-state index contributed by atoms with van der Waals surface area (Å²) in [6.07, 6.45) is 4.15. The number of hydrazine groups is 1. The molecule has 0 spiro atoms. The summed E-state index contributed by atoms with van der Waals surface area (Å²) in [6.45, 7) is 2.06. The van der Waals surface area contributed by atoms with Gasteiger partial charge < -0.3 is 0 Å². The zero-order valence-electron chi connectivity index (χ0n) is 8.57. The fraction of sp³-hybridized carbons (Fsp3) is 1.00. The predicted molar refractivity (Wildman–Crippen MR) is 55.9 cm³/mol. The Morgan fingerprint density at radius 2 is 2.14 bits per heavy atom. The van der Waals surface area contributed by atoms with Gasteiger partial charge in [-0.2, -0.15) is 0 Å². The first-order valence-corrected chi connectivity index (χ1v) is 6.77. The van der Waals surface area contributed by atoms with E-state index >= 15 is 0 Å². The van der Waals surface area contributed by atoms with E-state index in [1.54, 1.807) is 4.31 Å². The Bertz CT molecular complexity index is 266. The number of hydrogen-bond donors (Lipinski definition) is 2. The first-order chi connectivity index (χ1) is 6.54. The van der Waals surface area contributed by atoms with Gasteiger partial charge in [0.15, 0.2) is 0 Å². The molecule has 0 aromatic heterocycles. The zero-order chi connectivity index (χ0) is 10.6. The fourth-order valence-electron chi connectivity index (χ4n) is 1.84. The van der Waals surface area contributed by atoms with Crippen LogP contribution in [-0.2, 0) is 10.0 Å². The van der Waals surface area contributed by atoms with Crippen molar-refractivity contribution in [1.29, 1.82) is 0 Å². The highest BCUT2D eigenvalue weighted by molar-refractivity contribution is 7.88. The lowest BCUT2D eigenvalue weighted by Crippen LogP contribution is -2.32. The molecule has 1 rings (SSSR count). The van der Waals surface area contributed by atoms with Crippen LogP contribution < -0.4 is 11.3 Å². The average molecular weight is 221 g/mol. The van der Waals surface area contributed by atoms with E-state index in [9.17, 15) is 8.42 Å². The number of sulfonamides is 1. The molecule has 1 unspecified atom stereocenters. The topological polar surface area (TPSA) is 75.4 Å². The van der Waals surface area contributed by atoms with Crippen LogP contribution in [0.15, 0.2) is 0 Å². The predicted octanol–water partition coefficient (Wildman–Crippen LogP) is -0.489. The molecule has 0 saturated carbocycles. The van der Waals surface area contributed by atoms with Gasteiger partial charge in [-0.15, -0.1) is 0 Å². The van der Waals surface area contributed by atoms with Crippen molar-refractivity contribution in [3.63, 3.8) is 0 Å². The van der Waals surface area contributed by atoms with Gasteiger partial charge in [0.25, 0.3) is 0 Å². The van der Waals surface area contributed by atoms with Gasteiger partial charge in [-0.3, -0.25) is 11.3 Å². The van der Waals surface area contributed by atoms with Crippen LogP contribution in [0.2, 0.25) is 0 Å². The van der Waals surface area contributed by atoms with Gasteiger partial charge in [-0.1, -0.05) is 0 Å². The van der Waals surface area contributed by atoms with Crippen molar-refractivity contribution in [2.75, 3.05) is 25.9 Å². The summed E-state index contributed by atoms with van der Waals surface area (Å²) in [4.78, 5) is 0. The van der Waals surface area contributed by atoms with Crippen molar-refractivity contribution in [1.82, 2.24) is 9.73 Å². The van der Waals surface area contributed by atoms with Crippen molar-refractivity contribution in [2.24, 2.45) is 11.8 Å². The average Bonchev–Trinajstić information content (AvgIpc) is 2.29. The lowest BCUT2D eigenvalue weighted by atomic mass is 10.0. The molecular formula is C8H19N3O2S. The fourth-order valence-corrected chi connectivity index (χ4v) is 2.74. The van der Waals surface area contributed by atoms with Gasteiger partial charge >= 0.3 is 0 Å². The minimum atomic E-state index is -3.01. The lowest BCUT2D eigenvalue weighted by molar-refractivity contribution is 0.406. The molecule has 1 aliphatic rings. The second kappa shape index (κ2) is 5.06. The molecule has 6 heteroatoms. The van der Waals surface area contributed by atoms with Crippen molar-refractivity contribution in [3.8, 4) is 0 Å². The molecule has 3 N–H and O–H groups in total. The Morgan fingerprint density at radius 3 is 2.71 bits per heavy atom. The lowest BCUT2D eigenvalue weighted by Gasteiger charge is -2.17. The molecule has 0 radical (unpaired) electrons. The highest BCUT2D eigenvalue weighted by Gasteiger charge is 2.21. The third-order valence-electron chi connectivity index (χ3n) is 2.68. The van der Waals surface area contributed by atoms with Crippen LogP contribution in [0.1, 0.15) is 19.3 Å². The minimum Gasteiger partial charge on any atom is -0.271 e. The molecule has 0 aliphatic carbocycles. The molecule has 1 aliphatic heterocycles. The maximum atomic E-state index is 11.3. The SMILES string of the molecule is CS(=O)(=O)N1CCCC(CNN)CC1. The molecular weight excluding hydrogens is 202 g/mol. The highest BCUT2D eigenvalue weighted by Crippen LogP contribution is 2.17. The first kappa shape index (κ1) is 11.9. The van der Waals surface area contributed by atoms with E-state index in [0.29, 0.717) is 19.0 Å². The number of hydrogen-bond acceptors (Lipinski definition) is 4. The monoisotopic (exact) mass is 221 g/mol. The summed E-state index contributed by atoms with van der Waals surface area (Å²) >= 11 is 0. The molecule has 1 saturated heterocycles. The van der Waals surface area contributed by atoms with Crippen LogP contribution in [0.4, 0.5) is 0 Å². The van der Waals surface area contributed by atoms with Crippen molar-refractivity contribution < 1.29 is 8.42 Å². The van der Waals surface area contributed by atoms with Crippen LogP contribution in [0, 0.1) is 5.92 Å². The Kier molecular flexibility index (Phi) is 4.31. The normalized spacial score (nSPS) is 26.0. The second-order valence-electron chi connectivity index (χ2n) is 3.87. The Morgan fingerprint density at radius 1 is 1.43 bits per heavy atom. The van der Waals surface area contributed by atoms with E-state index in [0.717, 1.165) is 25.8 Å². The Hall–Kier alpha value is -0.170. The maximum absolute atomic E-state index is 11.3. The molecule has 5 nitrogen and oxygen atoms in total. The number of rotatable bonds is 3. The van der Waals surface area contributed by atoms with Gasteiger partial charge in [0.1, 0.15) is 0 Å². The minimum absolute atomic E-state index is 0.506. The zero-order valence-corrected chi connectivity index (χ0v) is 9.39. The molecule has 14 heavy (non-hydrogen) atoms. The van der Waals surface area contributed by atoms with E-state index in [-0.39, 0.29) is 0 Å². The van der Waals surface area contributed by atoms with E-state index in [4.69, 9.17) is 5.84 Å². The van der Waals surface area contributed by atoms with E-state index < -0.39 is 10.0 Å². The van der Waals surface area contributed by atoms with Gasteiger partial charge in [-0.25, -0.2) is 12.7 Å². The first-order valence-electron chi connectivity index (χ1n) is 4.92. The molecule has 0 aromatic carbocycles. The smallest absolute Gasteiger partial charge is 0.211 e. The summed E-state index contributed by atoms with van der Waals surface area (Å²) in [7, 11) is -3.01. The largest absolute Gasteiger partial charge is 0.271 e. The second-order valence-corrected chi connectivity index (χ2v) is 5.85. The van der Waals surface area contributed by atoms with E-state index in [1.807, 2.05) is 0 Å². The van der Waals surface area contributed by atoms with Gasteiger partial charge in [0, 0.05) is 19.6 Å². The molecule has 0 amide bonds. The molecule has 0 aromatic rings. The number of nitrogens with zero attached hydrogens (tertiary/aromatic N) is 1. The van der Waals surface area contributed by atoms with E-state index in [2.05, 4.69) is 5.43 Å². The Balaban J connectivity index is 2.49. The number of nitrogens with two attached hydrogens (primary N) is 1. The van der Waals surface area contributed by atoms with Crippen LogP contribution in [0.25, 0.3) is 0 Å². The van der Waals surface area contributed by atoms with Crippen molar-refractivity contribution in [3.05, 3.63) is 0 Å². The third kappa shape index (κ3) is 3.53. The third-order valence-corrected chi connectivity index (χ3v) is 3.99. The Labute approximate surface area is 85.7 Å². The van der Waals surface area contributed by atoms with Crippen LogP contribution >= 0.6 is 0 Å². The standard InChI is InChI=1S/C8H19N3O2S/c1-14(12,13)11-5-2-3-8(4-6-11)7-10-9/h8,10H,2-7,9H2,1H3. The molecule has 0 bridgehead atoms. The summed E-state index contributed by atoms with van der Waals surface area (Å²) in [5, 5.41) is 0. The molecule has 1 atom stereocenters. The summed E-state index contributed by atoms with van der Waals surface area (Å²) in [5.41, 5.74) is 2.65. The van der Waals surface area contributed by atoms with Crippen LogP contribution in [-0.4, -0.2) is 38.6 Å². The van der Waals surface area contributed by atoms with Gasteiger partial charge in [0.2, 0.25) is 10.0 Å². The molecule has 1 fully saturated rings. The summed E-state index contributed by atoms with van der Waals surface area (Å²) in [6, 6.07) is 0. The highest BCUT2D eigenvalue weighted by atomic mass is 32.2. The quantitative estimate of drug-likeness (QED) is 0.498. The van der Waals surface area contributed by atoms with Crippen molar-refractivity contribution >= 4 is 10.0 Å².